The van der Waals surface area contributed by atoms with Crippen LogP contribution in [0.5, 0.6) is 0 Å². The van der Waals surface area contributed by atoms with Crippen molar-refractivity contribution < 1.29 is 4.74 Å². The quantitative estimate of drug-likeness (QED) is 0.863. The molecule has 94 valence electrons. The second-order valence-corrected chi connectivity index (χ2v) is 5.13. The van der Waals surface area contributed by atoms with E-state index >= 15 is 0 Å². The predicted octanol–water partition coefficient (Wildman–Crippen LogP) is 3.08. The molecule has 1 aliphatic heterocycles. The zero-order chi connectivity index (χ0) is 12.1. The molecule has 1 fully saturated rings. The first-order chi connectivity index (χ1) is 8.25. The van der Waals surface area contributed by atoms with E-state index in [-0.39, 0.29) is 0 Å². The molecule has 1 N–H and O–H groups in total. The molecule has 2 heteroatoms. The summed E-state index contributed by atoms with van der Waals surface area (Å²) in [6.07, 6.45) is 2.84. The Morgan fingerprint density at radius 1 is 1.18 bits per heavy atom. The van der Waals surface area contributed by atoms with Crippen LogP contribution in [0.3, 0.4) is 0 Å². The monoisotopic (exact) mass is 233 g/mol. The highest BCUT2D eigenvalue weighted by atomic mass is 16.5. The van der Waals surface area contributed by atoms with Crippen LogP contribution in [0.4, 0.5) is 0 Å². The Morgan fingerprint density at radius 3 is 2.41 bits per heavy atom. The van der Waals surface area contributed by atoms with Crippen LogP contribution < -0.4 is 5.32 Å². The van der Waals surface area contributed by atoms with Gasteiger partial charge in [-0.2, -0.15) is 0 Å². The molecular weight excluding hydrogens is 210 g/mol. The Kier molecular flexibility index (Phi) is 4.57. The summed E-state index contributed by atoms with van der Waals surface area (Å²) in [5.74, 6) is 0.747. The molecule has 1 aromatic carbocycles. The summed E-state index contributed by atoms with van der Waals surface area (Å²) in [7, 11) is 0. The summed E-state index contributed by atoms with van der Waals surface area (Å²) < 4.78 is 5.60. The van der Waals surface area contributed by atoms with E-state index in [1.807, 2.05) is 0 Å². The number of ether oxygens (including phenoxy) is 1. The molecular formula is C15H23NO. The molecule has 0 bridgehead atoms. The number of hydrogen-bond acceptors (Lipinski definition) is 2. The van der Waals surface area contributed by atoms with Gasteiger partial charge in [0.05, 0.1) is 12.7 Å². The van der Waals surface area contributed by atoms with Gasteiger partial charge in [0.15, 0.2) is 0 Å². The van der Waals surface area contributed by atoms with E-state index in [1.165, 1.54) is 24.0 Å². The van der Waals surface area contributed by atoms with Crippen LogP contribution in [-0.2, 0) is 11.3 Å². The second-order valence-electron chi connectivity index (χ2n) is 5.13. The van der Waals surface area contributed by atoms with Crippen LogP contribution >= 0.6 is 0 Å². The molecule has 0 atom stereocenters. The van der Waals surface area contributed by atoms with Gasteiger partial charge in [-0.25, -0.2) is 0 Å². The zero-order valence-electron chi connectivity index (χ0n) is 10.9. The van der Waals surface area contributed by atoms with Crippen molar-refractivity contribution in [1.82, 2.24) is 5.32 Å². The number of nitrogens with one attached hydrogen (secondary N) is 1. The maximum absolute atomic E-state index is 5.60. The van der Waals surface area contributed by atoms with E-state index in [9.17, 15) is 0 Å². The molecule has 2 nitrogen and oxygen atoms in total. The molecule has 1 aliphatic rings. The molecule has 1 saturated heterocycles. The number of rotatable bonds is 4. The first-order valence-corrected chi connectivity index (χ1v) is 6.67. The molecule has 2 rings (SSSR count). The molecule has 0 radical (unpaired) electrons. The van der Waals surface area contributed by atoms with Crippen molar-refractivity contribution in [3.8, 4) is 0 Å². The Bertz CT molecular complexity index is 325. The van der Waals surface area contributed by atoms with Crippen LogP contribution in [-0.4, -0.2) is 19.2 Å². The first-order valence-electron chi connectivity index (χ1n) is 6.67. The van der Waals surface area contributed by atoms with E-state index in [1.54, 1.807) is 0 Å². The number of hydrogen-bond donors (Lipinski definition) is 1. The predicted molar refractivity (Wildman–Crippen MR) is 71.2 cm³/mol. The first kappa shape index (κ1) is 12.6. The normalized spacial score (nSPS) is 17.6. The van der Waals surface area contributed by atoms with Crippen LogP contribution in [0.25, 0.3) is 0 Å². The lowest BCUT2D eigenvalue weighted by Crippen LogP contribution is -2.26. The Morgan fingerprint density at radius 2 is 1.82 bits per heavy atom. The molecule has 1 aromatic rings. The van der Waals surface area contributed by atoms with Crippen molar-refractivity contribution in [2.75, 3.05) is 13.1 Å². The van der Waals surface area contributed by atoms with Gasteiger partial charge in [0.25, 0.3) is 0 Å². The highest BCUT2D eigenvalue weighted by Crippen LogP contribution is 2.25. The highest BCUT2D eigenvalue weighted by Gasteiger charge is 2.14. The van der Waals surface area contributed by atoms with Crippen molar-refractivity contribution in [1.29, 1.82) is 0 Å². The average molecular weight is 233 g/mol. The third kappa shape index (κ3) is 3.83. The summed E-state index contributed by atoms with van der Waals surface area (Å²) in [6, 6.07) is 8.96. The summed E-state index contributed by atoms with van der Waals surface area (Å²) in [6.45, 7) is 7.18. The fraction of sp³-hybridized carbons (Fsp3) is 0.600. The van der Waals surface area contributed by atoms with Gasteiger partial charge >= 0.3 is 0 Å². The average Bonchev–Trinajstić information content (AvgIpc) is 2.38. The zero-order valence-corrected chi connectivity index (χ0v) is 10.9. The van der Waals surface area contributed by atoms with Crippen molar-refractivity contribution in [2.24, 2.45) is 0 Å². The number of piperidine rings is 1. The van der Waals surface area contributed by atoms with Gasteiger partial charge in [-0.05, 0) is 56.8 Å². The highest BCUT2D eigenvalue weighted by molar-refractivity contribution is 5.25. The standard InChI is InChI=1S/C15H23NO/c1-12(2)17-11-13-3-5-14(6-4-13)15-7-9-16-10-8-15/h3-6,12,15-16H,7-11H2,1-2H3. The Labute approximate surface area is 104 Å². The fourth-order valence-corrected chi connectivity index (χ4v) is 2.30. The van der Waals surface area contributed by atoms with Crippen molar-refractivity contribution >= 4 is 0 Å². The number of benzene rings is 1. The molecule has 0 saturated carbocycles. The third-order valence-corrected chi connectivity index (χ3v) is 3.37. The van der Waals surface area contributed by atoms with E-state index in [0.29, 0.717) is 6.10 Å². The molecule has 1 heterocycles. The van der Waals surface area contributed by atoms with E-state index in [4.69, 9.17) is 4.74 Å². The van der Waals surface area contributed by atoms with Gasteiger partial charge < -0.3 is 10.1 Å². The van der Waals surface area contributed by atoms with Crippen LogP contribution in [0, 0.1) is 0 Å². The second kappa shape index (κ2) is 6.18. The molecule has 0 amide bonds. The lowest BCUT2D eigenvalue weighted by molar-refractivity contribution is 0.0657. The minimum absolute atomic E-state index is 0.305. The van der Waals surface area contributed by atoms with Gasteiger partial charge in [-0.3, -0.25) is 0 Å². The third-order valence-electron chi connectivity index (χ3n) is 3.37. The lowest BCUT2D eigenvalue weighted by atomic mass is 9.90. The fourth-order valence-electron chi connectivity index (χ4n) is 2.30. The van der Waals surface area contributed by atoms with Gasteiger partial charge in [0.2, 0.25) is 0 Å². The molecule has 0 aromatic heterocycles. The summed E-state index contributed by atoms with van der Waals surface area (Å²) in [4.78, 5) is 0. The smallest absolute Gasteiger partial charge is 0.0720 e. The van der Waals surface area contributed by atoms with E-state index in [2.05, 4.69) is 43.4 Å². The van der Waals surface area contributed by atoms with Gasteiger partial charge in [-0.15, -0.1) is 0 Å². The van der Waals surface area contributed by atoms with Gasteiger partial charge in [0.1, 0.15) is 0 Å². The molecule has 0 aliphatic carbocycles. The van der Waals surface area contributed by atoms with Crippen LogP contribution in [0.2, 0.25) is 0 Å². The minimum atomic E-state index is 0.305. The van der Waals surface area contributed by atoms with Crippen LogP contribution in [0.15, 0.2) is 24.3 Å². The van der Waals surface area contributed by atoms with Crippen molar-refractivity contribution in [2.45, 2.75) is 45.3 Å². The topological polar surface area (TPSA) is 21.3 Å². The van der Waals surface area contributed by atoms with E-state index in [0.717, 1.165) is 25.6 Å². The molecule has 17 heavy (non-hydrogen) atoms. The molecule has 0 unspecified atom stereocenters. The SMILES string of the molecule is CC(C)OCc1ccc(C2CCNCC2)cc1. The van der Waals surface area contributed by atoms with E-state index < -0.39 is 0 Å². The van der Waals surface area contributed by atoms with Crippen molar-refractivity contribution in [3.63, 3.8) is 0 Å². The van der Waals surface area contributed by atoms with Crippen molar-refractivity contribution in [3.05, 3.63) is 35.4 Å². The van der Waals surface area contributed by atoms with Gasteiger partial charge in [-0.1, -0.05) is 24.3 Å². The van der Waals surface area contributed by atoms with Gasteiger partial charge in [0, 0.05) is 0 Å². The Hall–Kier alpha value is -0.860. The maximum Gasteiger partial charge on any atom is 0.0720 e. The summed E-state index contributed by atoms with van der Waals surface area (Å²) in [5, 5.41) is 3.41. The minimum Gasteiger partial charge on any atom is -0.374 e. The largest absolute Gasteiger partial charge is 0.374 e. The summed E-state index contributed by atoms with van der Waals surface area (Å²) in [5.41, 5.74) is 2.76. The lowest BCUT2D eigenvalue weighted by Gasteiger charge is -2.23. The maximum atomic E-state index is 5.60. The summed E-state index contributed by atoms with van der Waals surface area (Å²) >= 11 is 0. The Balaban J connectivity index is 1.92. The molecule has 0 spiro atoms. The van der Waals surface area contributed by atoms with Crippen LogP contribution in [0.1, 0.15) is 43.7 Å².